The zero-order chi connectivity index (χ0) is 97.4. The maximum Gasteiger partial charge on any atom is 0.472 e. The molecule has 0 saturated carbocycles. The summed E-state index contributed by atoms with van der Waals surface area (Å²) in [5.41, 5.74) is 0. The van der Waals surface area contributed by atoms with Crippen LogP contribution in [0.5, 0.6) is 0 Å². The minimum absolute atomic E-state index is 0.0223. The Hall–Kier alpha value is -3.77. The molecular weight excluding hydrogens is 1750 g/mol. The summed E-state index contributed by atoms with van der Waals surface area (Å²) in [6.45, 7) is 9.22. The number of unbranched alkanes of at least 4 members (excludes halogenated alkanes) is 44. The molecule has 3 aliphatic heterocycles. The molecule has 2 amide bonds. The first-order valence-corrected chi connectivity index (χ1v) is 54.7. The first kappa shape index (κ1) is 122. The predicted octanol–water partition coefficient (Wildman–Crippen LogP) is 16.6. The summed E-state index contributed by atoms with van der Waals surface area (Å²) >= 11 is 0. The van der Waals surface area contributed by atoms with Crippen molar-refractivity contribution in [2.75, 3.05) is 19.8 Å². The summed E-state index contributed by atoms with van der Waals surface area (Å²) in [5.74, 6) is -12.0. The average Bonchev–Trinajstić information content (AvgIpc) is 0.771. The number of carboxylic acid groups (broad SMARTS) is 1. The van der Waals surface area contributed by atoms with E-state index in [4.69, 9.17) is 46.9 Å². The molecule has 33 nitrogen and oxygen atoms in total. The van der Waals surface area contributed by atoms with Gasteiger partial charge in [0.1, 0.15) is 66.8 Å². The fourth-order valence-corrected chi connectivity index (χ4v) is 18.9. The van der Waals surface area contributed by atoms with Crippen molar-refractivity contribution < 1.29 is 150 Å². The van der Waals surface area contributed by atoms with Crippen LogP contribution < -0.4 is 10.6 Å². The Labute approximate surface area is 789 Å². The largest absolute Gasteiger partial charge is 0.477 e. The van der Waals surface area contributed by atoms with Crippen molar-refractivity contribution in [3.8, 4) is 0 Å². The molecule has 132 heavy (non-hydrogen) atoms. The smallest absolute Gasteiger partial charge is 0.472 e. The van der Waals surface area contributed by atoms with Gasteiger partial charge in [-0.05, 0) is 51.4 Å². The molecule has 14 N–H and O–H groups in total. The molecule has 3 saturated heterocycles. The second-order valence-corrected chi connectivity index (χ2v) is 40.0. The van der Waals surface area contributed by atoms with Gasteiger partial charge in [-0.15, -0.1) is 0 Å². The molecule has 0 aromatic carbocycles. The highest BCUT2D eigenvalue weighted by Crippen LogP contribution is 2.47. The molecule has 774 valence electrons. The van der Waals surface area contributed by atoms with Gasteiger partial charge in [0.25, 0.3) is 5.79 Å². The Balaban J connectivity index is 2.38. The zero-order valence-electron chi connectivity index (χ0n) is 81.4. The summed E-state index contributed by atoms with van der Waals surface area (Å²) in [6, 6.07) is -4.00. The molecule has 0 radical (unpaired) electrons. The van der Waals surface area contributed by atoms with Gasteiger partial charge in [-0.2, -0.15) is 0 Å². The van der Waals surface area contributed by atoms with Crippen molar-refractivity contribution in [1.82, 2.24) is 10.6 Å². The minimum Gasteiger partial charge on any atom is -0.477 e. The number of carboxylic acids is 1. The SMILES string of the molecule is CCCCCCCCCCCC(=O)O[C@H](CCCCCCCCCCC)CC(=O)N[C@H]1[C@H](OC[C@H]2O[C@H](OP(=O)(O)O)[C@H](NC(=O)C[C@@H](CCCCCCCCCCC)OC(=O)CCCCCCCCCCC)[C@@H](OC(=O)C[C@H](O)CCCCCCCCC)[C@@H]2O)O[C@H](CO[C@]2(C(=O)O)C[C@@H](O)[C@@H](O)[C@@H]([C@H](O)CO)O2)[C@@H](OP(=O)(O)O)[C@@H]1CC(=O)C[C@H](O)CCCCCCCCC. The van der Waals surface area contributed by atoms with Crippen LogP contribution in [0.25, 0.3) is 0 Å². The van der Waals surface area contributed by atoms with E-state index in [1.54, 1.807) is 0 Å². The number of hydrogen-bond donors (Lipinski definition) is 14. The number of phosphoric ester groups is 2. The lowest BCUT2D eigenvalue weighted by molar-refractivity contribution is -0.339. The quantitative estimate of drug-likeness (QED) is 0.0116. The van der Waals surface area contributed by atoms with Crippen molar-refractivity contribution in [2.45, 2.75) is 549 Å². The lowest BCUT2D eigenvalue weighted by Gasteiger charge is -2.48. The fourth-order valence-electron chi connectivity index (χ4n) is 17.9. The molecule has 0 unspecified atom stereocenters. The van der Waals surface area contributed by atoms with E-state index in [1.807, 2.05) is 0 Å². The van der Waals surface area contributed by atoms with Crippen LogP contribution in [0.4, 0.5) is 0 Å². The number of esters is 3. The molecule has 0 bridgehead atoms. The van der Waals surface area contributed by atoms with E-state index < -0.39 is 231 Å². The van der Waals surface area contributed by atoms with E-state index in [2.05, 4.69) is 52.2 Å². The number of ether oxygens (including phenoxy) is 8. The molecule has 3 rings (SSSR count). The van der Waals surface area contributed by atoms with Gasteiger partial charge in [0.2, 0.25) is 11.8 Å². The van der Waals surface area contributed by atoms with Crippen LogP contribution >= 0.6 is 15.6 Å². The second-order valence-electron chi connectivity index (χ2n) is 37.6. The molecule has 35 heteroatoms. The third-order valence-electron chi connectivity index (χ3n) is 25.5. The summed E-state index contributed by atoms with van der Waals surface area (Å²) < 4.78 is 87.2. The number of aliphatic hydroxyl groups is 7. The summed E-state index contributed by atoms with van der Waals surface area (Å²) in [6.07, 6.45) is 14.4. The highest BCUT2D eigenvalue weighted by atomic mass is 31.2. The van der Waals surface area contributed by atoms with Gasteiger partial charge in [-0.25, -0.2) is 13.9 Å². The highest BCUT2D eigenvalue weighted by molar-refractivity contribution is 7.46. The van der Waals surface area contributed by atoms with E-state index in [1.165, 1.54) is 6.42 Å². The summed E-state index contributed by atoms with van der Waals surface area (Å²) in [4.78, 5) is 145. The van der Waals surface area contributed by atoms with Crippen molar-refractivity contribution in [2.24, 2.45) is 5.92 Å². The molecule has 3 aliphatic rings. The third kappa shape index (κ3) is 55.3. The number of ketones is 1. The monoisotopic (exact) mass is 1930 g/mol. The van der Waals surface area contributed by atoms with Crippen LogP contribution in [0, 0.1) is 5.92 Å². The lowest BCUT2D eigenvalue weighted by Crippen LogP contribution is -2.67. The van der Waals surface area contributed by atoms with Crippen LogP contribution in [0.15, 0.2) is 0 Å². The number of aliphatic carboxylic acids is 1. The minimum atomic E-state index is -5.91. The lowest BCUT2D eigenvalue weighted by atomic mass is 9.82. The summed E-state index contributed by atoms with van der Waals surface area (Å²) in [5, 5.41) is 95.3. The van der Waals surface area contributed by atoms with Gasteiger partial charge >= 0.3 is 39.5 Å². The topological polar surface area (TPSA) is 513 Å². The van der Waals surface area contributed by atoms with Crippen molar-refractivity contribution in [1.29, 1.82) is 0 Å². The first-order chi connectivity index (χ1) is 63.3. The van der Waals surface area contributed by atoms with Crippen molar-refractivity contribution in [3.63, 3.8) is 0 Å². The van der Waals surface area contributed by atoms with E-state index in [-0.39, 0.29) is 38.5 Å². The van der Waals surface area contributed by atoms with Crippen molar-refractivity contribution in [3.05, 3.63) is 0 Å². The van der Waals surface area contributed by atoms with Crippen LogP contribution in [-0.4, -0.2) is 232 Å². The predicted molar refractivity (Wildman–Crippen MR) is 500 cm³/mol. The standard InChI is InChI=1S/C97H180N2O31P2/c1-7-13-19-25-31-35-41-47-53-59-75(123-84(108)61-55-49-43-37-33-27-21-15-9-3)66-82(106)98-87-77(64-74(103)63-72(101)57-51-45-39-29-23-17-11-5)91(129-131(115,116)117)81(71-122-97(96(113)114)68-78(104)89(111)92(128-97)79(105)69-100)126-94(87)121-70-80-90(112)93(127-86(110)65-73(102)58-52-46-40-30-24-18-12-6)88(95(125-80)130-132(118,119)120)99-83(107)67-76(60-54-48-42-36-32-26-20-14-8-2)124-85(109)62-56-50-44-38-34-28-22-16-10-4/h72-73,75-81,87-95,100-102,104-105,111-112H,7-71H2,1-6H3,(H,98,106)(H,99,107)(H,113,114)(H2,115,116,117)(H2,118,119,120)/t72-,73-,75-,76-,77-,78-,79-,80-,81-,87-,88-,89-,90-,91+,92-,93-,94-,95-,97-/m1/s1. The van der Waals surface area contributed by atoms with Gasteiger partial charge in [-0.1, -0.05) is 337 Å². The third-order valence-corrected chi connectivity index (χ3v) is 26.5. The Morgan fingerprint density at radius 2 is 0.780 bits per heavy atom. The van der Waals surface area contributed by atoms with Gasteiger partial charge in [-0.3, -0.25) is 37.8 Å². The highest BCUT2D eigenvalue weighted by Gasteiger charge is 2.58. The molecule has 19 atom stereocenters. The zero-order valence-corrected chi connectivity index (χ0v) is 83.2. The van der Waals surface area contributed by atoms with Crippen molar-refractivity contribution >= 4 is 57.1 Å². The molecular formula is C97H180N2O31P2. The van der Waals surface area contributed by atoms with Gasteiger partial charge in [0, 0.05) is 38.0 Å². The molecule has 0 spiro atoms. The van der Waals surface area contributed by atoms with E-state index in [0.717, 1.165) is 263 Å². The number of phosphoric acid groups is 2. The number of aliphatic hydroxyl groups excluding tert-OH is 7. The molecule has 3 heterocycles. The van der Waals surface area contributed by atoms with E-state index in [0.29, 0.717) is 51.4 Å². The van der Waals surface area contributed by atoms with Gasteiger partial charge in [0.05, 0.1) is 63.4 Å². The number of carbonyl (C=O) groups is 7. The van der Waals surface area contributed by atoms with Crippen LogP contribution in [-0.2, 0) is 89.6 Å². The maximum atomic E-state index is 15.4. The Morgan fingerprint density at radius 1 is 0.417 bits per heavy atom. The first-order valence-electron chi connectivity index (χ1n) is 51.6. The maximum absolute atomic E-state index is 15.4. The Morgan fingerprint density at radius 3 is 1.17 bits per heavy atom. The number of amides is 2. The molecule has 0 aliphatic carbocycles. The van der Waals surface area contributed by atoms with Crippen LogP contribution in [0.2, 0.25) is 0 Å². The number of rotatable bonds is 84. The van der Waals surface area contributed by atoms with Crippen LogP contribution in [0.1, 0.15) is 440 Å². The normalized spacial score (nSPS) is 23.6. The fraction of sp³-hybridized carbons (Fsp3) is 0.928. The van der Waals surface area contributed by atoms with Gasteiger partial charge < -0.3 is 109 Å². The number of hydrogen-bond acceptors (Lipinski definition) is 26. The number of Topliss-reactive ketones (excluding diaryl/α,β-unsaturated/α-hetero) is 1. The number of carbonyl (C=O) groups excluding carboxylic acids is 6. The summed E-state index contributed by atoms with van der Waals surface area (Å²) in [7, 11) is -11.7. The molecule has 0 aromatic rings. The van der Waals surface area contributed by atoms with Crippen LogP contribution in [0.3, 0.4) is 0 Å². The second kappa shape index (κ2) is 73.4. The Bertz CT molecular complexity index is 3120. The molecule has 3 fully saturated rings. The average molecular weight is 1930 g/mol. The van der Waals surface area contributed by atoms with E-state index in [9.17, 15) is 98.3 Å². The Kier molecular flexibility index (Phi) is 68.0. The number of nitrogens with one attached hydrogen (secondary N) is 2. The van der Waals surface area contributed by atoms with Gasteiger partial charge in [0.15, 0.2) is 18.7 Å². The molecule has 0 aromatic heterocycles. The van der Waals surface area contributed by atoms with E-state index >= 15 is 4.79 Å².